The van der Waals surface area contributed by atoms with Crippen LogP contribution in [0.2, 0.25) is 0 Å². The van der Waals surface area contributed by atoms with Gasteiger partial charge in [0.2, 0.25) is 0 Å². The summed E-state index contributed by atoms with van der Waals surface area (Å²) in [5.41, 5.74) is 1.26. The summed E-state index contributed by atoms with van der Waals surface area (Å²) in [5, 5.41) is 3.68. The molecule has 1 unspecified atom stereocenters. The van der Waals surface area contributed by atoms with E-state index in [2.05, 4.69) is 35.1 Å². The van der Waals surface area contributed by atoms with E-state index in [9.17, 15) is 0 Å². The second kappa shape index (κ2) is 8.11. The molecule has 23 heavy (non-hydrogen) atoms. The van der Waals surface area contributed by atoms with Crippen LogP contribution in [0.15, 0.2) is 18.5 Å². The van der Waals surface area contributed by atoms with E-state index in [1.54, 1.807) is 0 Å². The highest BCUT2D eigenvalue weighted by Crippen LogP contribution is 2.26. The highest BCUT2D eigenvalue weighted by Gasteiger charge is 2.22. The number of hydrogen-bond donors (Lipinski definition) is 1. The monoisotopic (exact) mass is 317 g/mol. The maximum atomic E-state index is 6.19. The van der Waals surface area contributed by atoms with Crippen molar-refractivity contribution in [2.24, 2.45) is 0 Å². The largest absolute Gasteiger partial charge is 0.489 e. The summed E-state index contributed by atoms with van der Waals surface area (Å²) in [4.78, 5) is 7.00. The van der Waals surface area contributed by atoms with Crippen LogP contribution in [0.5, 0.6) is 5.75 Å². The van der Waals surface area contributed by atoms with Crippen LogP contribution < -0.4 is 10.1 Å². The van der Waals surface area contributed by atoms with Crippen LogP contribution in [0, 0.1) is 0 Å². The summed E-state index contributed by atoms with van der Waals surface area (Å²) in [6.07, 6.45) is 11.8. The fourth-order valence-corrected chi connectivity index (χ4v) is 3.71. The quantitative estimate of drug-likeness (QED) is 0.922. The fraction of sp³-hybridized carbons (Fsp3) is 0.737. The molecule has 1 aliphatic heterocycles. The van der Waals surface area contributed by atoms with Gasteiger partial charge in [-0.2, -0.15) is 0 Å². The second-order valence-corrected chi connectivity index (χ2v) is 7.28. The van der Waals surface area contributed by atoms with E-state index < -0.39 is 0 Å². The molecule has 1 aliphatic carbocycles. The van der Waals surface area contributed by atoms with Crippen molar-refractivity contribution in [3.8, 4) is 5.75 Å². The Balaban J connectivity index is 1.67. The van der Waals surface area contributed by atoms with Gasteiger partial charge < -0.3 is 10.1 Å². The molecular weight excluding hydrogens is 286 g/mol. The molecule has 2 aliphatic rings. The van der Waals surface area contributed by atoms with Crippen LogP contribution in [-0.2, 0) is 0 Å². The molecule has 1 N–H and O–H groups in total. The van der Waals surface area contributed by atoms with Crippen molar-refractivity contribution in [3.05, 3.63) is 24.0 Å². The number of hydrogen-bond acceptors (Lipinski definition) is 4. The molecule has 0 bridgehead atoms. The fourth-order valence-electron chi connectivity index (χ4n) is 3.71. The molecule has 0 radical (unpaired) electrons. The van der Waals surface area contributed by atoms with Gasteiger partial charge in [0.25, 0.3) is 0 Å². The molecule has 1 saturated heterocycles. The van der Waals surface area contributed by atoms with E-state index in [4.69, 9.17) is 4.74 Å². The molecule has 3 rings (SSSR count). The normalized spacial score (nSPS) is 24.6. The van der Waals surface area contributed by atoms with Crippen molar-refractivity contribution in [1.29, 1.82) is 0 Å². The maximum absolute atomic E-state index is 6.19. The Hall–Kier alpha value is -1.13. The Labute approximate surface area is 140 Å². The lowest BCUT2D eigenvalue weighted by atomic mass is 9.98. The molecule has 1 atom stereocenters. The lowest BCUT2D eigenvalue weighted by Gasteiger charge is -2.28. The lowest BCUT2D eigenvalue weighted by Crippen LogP contribution is -2.36. The minimum absolute atomic E-state index is 0.349. The number of nitrogens with zero attached hydrogens (tertiary/aromatic N) is 2. The van der Waals surface area contributed by atoms with E-state index in [1.807, 2.05) is 12.4 Å². The van der Waals surface area contributed by atoms with E-state index in [-0.39, 0.29) is 0 Å². The topological polar surface area (TPSA) is 37.4 Å². The van der Waals surface area contributed by atoms with Gasteiger partial charge in [0.05, 0.1) is 12.3 Å². The molecule has 0 spiro atoms. The summed E-state index contributed by atoms with van der Waals surface area (Å²) in [6.45, 7) is 7.85. The zero-order chi connectivity index (χ0) is 16.1. The first-order valence-electron chi connectivity index (χ1n) is 9.31. The van der Waals surface area contributed by atoms with E-state index in [0.29, 0.717) is 18.2 Å². The summed E-state index contributed by atoms with van der Waals surface area (Å²) in [7, 11) is 0. The van der Waals surface area contributed by atoms with Crippen LogP contribution in [0.4, 0.5) is 0 Å². The molecule has 0 amide bonds. The van der Waals surface area contributed by atoms with Crippen LogP contribution in [-0.4, -0.2) is 41.7 Å². The summed E-state index contributed by atoms with van der Waals surface area (Å²) in [5.74, 6) is 0.941. The van der Waals surface area contributed by atoms with Gasteiger partial charge in [-0.15, -0.1) is 0 Å². The van der Waals surface area contributed by atoms with Crippen molar-refractivity contribution >= 4 is 0 Å². The van der Waals surface area contributed by atoms with Gasteiger partial charge in [0.1, 0.15) is 5.75 Å². The molecule has 2 fully saturated rings. The summed E-state index contributed by atoms with van der Waals surface area (Å²) in [6, 6.07) is 3.14. The first-order valence-corrected chi connectivity index (χ1v) is 9.31. The Morgan fingerprint density at radius 1 is 1.17 bits per heavy atom. The van der Waals surface area contributed by atoms with Crippen LogP contribution in [0.3, 0.4) is 0 Å². The zero-order valence-corrected chi connectivity index (χ0v) is 14.6. The first kappa shape index (κ1) is 16.7. The summed E-state index contributed by atoms with van der Waals surface area (Å²) < 4.78 is 6.19. The lowest BCUT2D eigenvalue weighted by molar-refractivity contribution is 0.154. The number of aromatic nitrogens is 1. The van der Waals surface area contributed by atoms with E-state index >= 15 is 0 Å². The Morgan fingerprint density at radius 3 is 2.78 bits per heavy atom. The second-order valence-electron chi connectivity index (χ2n) is 7.28. The van der Waals surface area contributed by atoms with Gasteiger partial charge in [0, 0.05) is 24.8 Å². The highest BCUT2D eigenvalue weighted by atomic mass is 16.5. The molecule has 4 nitrogen and oxygen atoms in total. The molecular formula is C19H31N3O. The SMILES string of the molecule is CC(C)N1CCCNC(c2cncc(OC3CCCCC3)c2)C1. The maximum Gasteiger partial charge on any atom is 0.138 e. The molecule has 1 aromatic rings. The van der Waals surface area contributed by atoms with Crippen LogP contribution >= 0.6 is 0 Å². The van der Waals surface area contributed by atoms with Gasteiger partial charge in [0.15, 0.2) is 0 Å². The van der Waals surface area contributed by atoms with Gasteiger partial charge in [-0.3, -0.25) is 9.88 Å². The van der Waals surface area contributed by atoms with Crippen molar-refractivity contribution in [1.82, 2.24) is 15.2 Å². The minimum atomic E-state index is 0.349. The highest BCUT2D eigenvalue weighted by molar-refractivity contribution is 5.26. The standard InChI is InChI=1S/C19H31N3O/c1-15(2)22-10-6-9-21-19(14-22)16-11-18(13-20-12-16)23-17-7-4-3-5-8-17/h11-13,15,17,19,21H,3-10,14H2,1-2H3. The molecule has 4 heteroatoms. The number of ether oxygens (including phenoxy) is 1. The Bertz CT molecular complexity index is 485. The number of pyridine rings is 1. The number of rotatable bonds is 4. The molecule has 1 aromatic heterocycles. The van der Waals surface area contributed by atoms with E-state index in [0.717, 1.165) is 18.8 Å². The van der Waals surface area contributed by atoms with Gasteiger partial charge in [-0.05, 0) is 70.7 Å². The minimum Gasteiger partial charge on any atom is -0.489 e. The zero-order valence-electron chi connectivity index (χ0n) is 14.6. The predicted octanol–water partition coefficient (Wildman–Crippen LogP) is 3.54. The van der Waals surface area contributed by atoms with E-state index in [1.165, 1.54) is 50.6 Å². The average molecular weight is 317 g/mol. The van der Waals surface area contributed by atoms with Crippen molar-refractivity contribution < 1.29 is 4.74 Å². The predicted molar refractivity (Wildman–Crippen MR) is 93.8 cm³/mol. The Morgan fingerprint density at radius 2 is 2.00 bits per heavy atom. The summed E-state index contributed by atoms with van der Waals surface area (Å²) >= 11 is 0. The van der Waals surface area contributed by atoms with Crippen molar-refractivity contribution in [2.75, 3.05) is 19.6 Å². The smallest absolute Gasteiger partial charge is 0.138 e. The third kappa shape index (κ3) is 4.67. The average Bonchev–Trinajstić information content (AvgIpc) is 2.82. The van der Waals surface area contributed by atoms with Gasteiger partial charge in [-0.1, -0.05) is 6.42 Å². The van der Waals surface area contributed by atoms with Gasteiger partial charge >= 0.3 is 0 Å². The van der Waals surface area contributed by atoms with Crippen molar-refractivity contribution in [3.63, 3.8) is 0 Å². The molecule has 128 valence electrons. The van der Waals surface area contributed by atoms with Crippen LogP contribution in [0.25, 0.3) is 0 Å². The third-order valence-electron chi connectivity index (χ3n) is 5.15. The molecule has 0 aromatic carbocycles. The van der Waals surface area contributed by atoms with Crippen LogP contribution in [0.1, 0.15) is 64.0 Å². The molecule has 2 heterocycles. The molecule has 1 saturated carbocycles. The third-order valence-corrected chi connectivity index (χ3v) is 5.15. The Kier molecular flexibility index (Phi) is 5.90. The first-order chi connectivity index (χ1) is 11.2. The van der Waals surface area contributed by atoms with Gasteiger partial charge in [-0.25, -0.2) is 0 Å². The van der Waals surface area contributed by atoms with Crippen molar-refractivity contribution in [2.45, 2.75) is 70.6 Å². The number of nitrogens with one attached hydrogen (secondary N) is 1.